The Kier molecular flexibility index (Phi) is 3.83. The molecule has 78 valence electrons. The zero-order valence-electron chi connectivity index (χ0n) is 8.54. The molecular formula is C9H14ClN3O. The molecule has 1 heterocycles. The zero-order chi connectivity index (χ0) is 10.6. The number of ether oxygens (including phenoxy) is 1. The summed E-state index contributed by atoms with van der Waals surface area (Å²) in [5, 5.41) is 2.94. The van der Waals surface area contributed by atoms with Crippen LogP contribution in [0.15, 0.2) is 28.8 Å². The summed E-state index contributed by atoms with van der Waals surface area (Å²) in [6.07, 6.45) is 3.70. The molecule has 0 atom stereocenters. The Balaban J connectivity index is 2.98. The van der Waals surface area contributed by atoms with E-state index in [0.717, 1.165) is 11.4 Å². The van der Waals surface area contributed by atoms with Gasteiger partial charge in [-0.2, -0.15) is 0 Å². The van der Waals surface area contributed by atoms with E-state index >= 15 is 0 Å². The number of nitrogens with one attached hydrogen (secondary N) is 1. The van der Waals surface area contributed by atoms with Crippen molar-refractivity contribution in [1.29, 1.82) is 0 Å². The first-order valence-electron chi connectivity index (χ1n) is 4.23. The van der Waals surface area contributed by atoms with Gasteiger partial charge in [0.25, 0.3) is 0 Å². The standard InChI is InChI=1S/C9H14ClN3O/c1-11-5-8-9(14-3)12-7(4-10)6-13(8)2/h5-6,11H,4H2,1-3H3/b8-5-. The van der Waals surface area contributed by atoms with E-state index in [0.29, 0.717) is 11.8 Å². The average molecular weight is 216 g/mol. The molecule has 1 aliphatic rings. The number of allylic oxidation sites excluding steroid dienone is 1. The maximum absolute atomic E-state index is 5.70. The maximum atomic E-state index is 5.70. The molecule has 0 saturated carbocycles. The van der Waals surface area contributed by atoms with Gasteiger partial charge in [-0.05, 0) is 0 Å². The number of nitrogens with zero attached hydrogens (tertiary/aromatic N) is 2. The number of halogens is 1. The van der Waals surface area contributed by atoms with E-state index in [4.69, 9.17) is 16.3 Å². The molecule has 0 saturated heterocycles. The van der Waals surface area contributed by atoms with E-state index in [-0.39, 0.29) is 0 Å². The maximum Gasteiger partial charge on any atom is 0.239 e. The van der Waals surface area contributed by atoms with E-state index in [1.54, 1.807) is 7.11 Å². The minimum Gasteiger partial charge on any atom is -0.479 e. The summed E-state index contributed by atoms with van der Waals surface area (Å²) < 4.78 is 5.16. The van der Waals surface area contributed by atoms with Gasteiger partial charge in [0.1, 0.15) is 5.70 Å². The highest BCUT2D eigenvalue weighted by atomic mass is 35.5. The number of alkyl halides is 1. The van der Waals surface area contributed by atoms with E-state index < -0.39 is 0 Å². The first-order chi connectivity index (χ1) is 6.72. The molecule has 0 unspecified atom stereocenters. The third-order valence-corrected chi connectivity index (χ3v) is 2.07. The van der Waals surface area contributed by atoms with Gasteiger partial charge >= 0.3 is 0 Å². The Morgan fingerprint density at radius 1 is 1.71 bits per heavy atom. The summed E-state index contributed by atoms with van der Waals surface area (Å²) in [4.78, 5) is 6.16. The predicted molar refractivity (Wildman–Crippen MR) is 58.2 cm³/mol. The fraction of sp³-hybridized carbons (Fsp3) is 0.444. The van der Waals surface area contributed by atoms with Crippen molar-refractivity contribution < 1.29 is 4.74 Å². The van der Waals surface area contributed by atoms with Crippen LogP contribution in [-0.2, 0) is 4.74 Å². The molecule has 4 nitrogen and oxygen atoms in total. The molecule has 1 rings (SSSR count). The second-order valence-electron chi connectivity index (χ2n) is 2.80. The van der Waals surface area contributed by atoms with Gasteiger partial charge in [0.2, 0.25) is 5.90 Å². The van der Waals surface area contributed by atoms with E-state index in [1.807, 2.05) is 31.4 Å². The normalized spacial score (nSPS) is 19.1. The number of rotatable bonds is 2. The van der Waals surface area contributed by atoms with Crippen molar-refractivity contribution in [3.05, 3.63) is 23.8 Å². The van der Waals surface area contributed by atoms with E-state index in [1.165, 1.54) is 0 Å². The first-order valence-corrected chi connectivity index (χ1v) is 4.76. The lowest BCUT2D eigenvalue weighted by Crippen LogP contribution is -2.26. The van der Waals surface area contributed by atoms with Crippen molar-refractivity contribution in [2.45, 2.75) is 0 Å². The molecule has 0 radical (unpaired) electrons. The van der Waals surface area contributed by atoms with E-state index in [2.05, 4.69) is 10.3 Å². The molecule has 0 aromatic carbocycles. The molecule has 5 heteroatoms. The zero-order valence-corrected chi connectivity index (χ0v) is 9.30. The fourth-order valence-electron chi connectivity index (χ4n) is 1.18. The summed E-state index contributed by atoms with van der Waals surface area (Å²) in [5.41, 5.74) is 1.67. The molecule has 0 bridgehead atoms. The molecule has 0 amide bonds. The molecule has 14 heavy (non-hydrogen) atoms. The first kappa shape index (κ1) is 10.9. The SMILES string of the molecule is CN/C=C1/C(OC)=NC(CCl)=CN1C. The number of hydrogen-bond acceptors (Lipinski definition) is 4. The van der Waals surface area contributed by atoms with Gasteiger partial charge in [-0.3, -0.25) is 0 Å². The van der Waals surface area contributed by atoms with Crippen molar-refractivity contribution in [1.82, 2.24) is 10.2 Å². The molecular weight excluding hydrogens is 202 g/mol. The van der Waals surface area contributed by atoms with Crippen LogP contribution >= 0.6 is 11.6 Å². The van der Waals surface area contributed by atoms with Crippen LogP contribution in [0, 0.1) is 0 Å². The average Bonchev–Trinajstić information content (AvgIpc) is 2.20. The highest BCUT2D eigenvalue weighted by molar-refractivity contribution is 6.19. The number of likely N-dealkylation sites (N-methyl/N-ethyl adjacent to an activating group) is 1. The third kappa shape index (κ3) is 2.20. The molecule has 1 aliphatic heterocycles. The number of aliphatic imine (C=N–C) groups is 1. The summed E-state index contributed by atoms with van der Waals surface area (Å²) in [5.74, 6) is 0.948. The van der Waals surface area contributed by atoms with Crippen LogP contribution in [-0.4, -0.2) is 37.9 Å². The lowest BCUT2D eigenvalue weighted by Gasteiger charge is -2.23. The minimum absolute atomic E-state index is 0.379. The van der Waals surface area contributed by atoms with Crippen molar-refractivity contribution >= 4 is 17.5 Å². The number of methoxy groups -OCH3 is 1. The Morgan fingerprint density at radius 3 is 2.93 bits per heavy atom. The predicted octanol–water partition coefficient (Wildman–Crippen LogP) is 1.12. The lowest BCUT2D eigenvalue weighted by atomic mass is 10.3. The quantitative estimate of drug-likeness (QED) is 0.702. The monoisotopic (exact) mass is 215 g/mol. The van der Waals surface area contributed by atoms with Crippen molar-refractivity contribution in [2.24, 2.45) is 4.99 Å². The highest BCUT2D eigenvalue weighted by Crippen LogP contribution is 2.16. The van der Waals surface area contributed by atoms with Gasteiger partial charge in [-0.1, -0.05) is 0 Å². The molecule has 0 aliphatic carbocycles. The second kappa shape index (κ2) is 4.91. The number of hydrogen-bond donors (Lipinski definition) is 1. The van der Waals surface area contributed by atoms with Crippen LogP contribution in [0.4, 0.5) is 0 Å². The Hall–Kier alpha value is -1.16. The van der Waals surface area contributed by atoms with Crippen molar-refractivity contribution in [3.63, 3.8) is 0 Å². The van der Waals surface area contributed by atoms with Crippen LogP contribution in [0.25, 0.3) is 0 Å². The summed E-state index contributed by atoms with van der Waals surface area (Å²) in [6.45, 7) is 0. The molecule has 0 aromatic heterocycles. The smallest absolute Gasteiger partial charge is 0.239 e. The summed E-state index contributed by atoms with van der Waals surface area (Å²) >= 11 is 5.70. The summed E-state index contributed by atoms with van der Waals surface area (Å²) in [6, 6.07) is 0. The van der Waals surface area contributed by atoms with Gasteiger partial charge in [0.15, 0.2) is 0 Å². The Labute approximate surface area is 88.9 Å². The van der Waals surface area contributed by atoms with Crippen molar-refractivity contribution in [3.8, 4) is 0 Å². The lowest BCUT2D eigenvalue weighted by molar-refractivity contribution is 0.383. The largest absolute Gasteiger partial charge is 0.479 e. The molecule has 1 N–H and O–H groups in total. The Bertz CT molecular complexity index is 296. The van der Waals surface area contributed by atoms with Crippen LogP contribution in [0.1, 0.15) is 0 Å². The van der Waals surface area contributed by atoms with Crippen molar-refractivity contribution in [2.75, 3.05) is 27.1 Å². The van der Waals surface area contributed by atoms with E-state index in [9.17, 15) is 0 Å². The van der Waals surface area contributed by atoms with Gasteiger partial charge in [-0.15, -0.1) is 11.6 Å². The van der Waals surface area contributed by atoms with Crippen LogP contribution in [0.5, 0.6) is 0 Å². The second-order valence-corrected chi connectivity index (χ2v) is 3.07. The summed E-state index contributed by atoms with van der Waals surface area (Å²) in [7, 11) is 5.34. The van der Waals surface area contributed by atoms with Gasteiger partial charge in [-0.25, -0.2) is 4.99 Å². The topological polar surface area (TPSA) is 36.9 Å². The van der Waals surface area contributed by atoms with Gasteiger partial charge in [0, 0.05) is 26.5 Å². The minimum atomic E-state index is 0.379. The van der Waals surface area contributed by atoms with Crippen LogP contribution in [0.2, 0.25) is 0 Å². The third-order valence-electron chi connectivity index (χ3n) is 1.80. The van der Waals surface area contributed by atoms with Crippen LogP contribution < -0.4 is 5.32 Å². The van der Waals surface area contributed by atoms with Gasteiger partial charge in [0.05, 0.1) is 18.7 Å². The highest BCUT2D eigenvalue weighted by Gasteiger charge is 2.17. The molecule has 0 fully saturated rings. The fourth-order valence-corrected chi connectivity index (χ4v) is 1.30. The molecule has 0 aromatic rings. The Morgan fingerprint density at radius 2 is 2.43 bits per heavy atom. The van der Waals surface area contributed by atoms with Crippen LogP contribution in [0.3, 0.4) is 0 Å². The molecule has 0 spiro atoms. The van der Waals surface area contributed by atoms with Gasteiger partial charge < -0.3 is 15.0 Å².